The lowest BCUT2D eigenvalue weighted by molar-refractivity contribution is 0.0955. The molecule has 0 saturated heterocycles. The number of phenols is 1. The maximum absolute atomic E-state index is 12.4. The molecule has 162 valence electrons. The largest absolute Gasteiger partial charge is 0.508 e. The summed E-state index contributed by atoms with van der Waals surface area (Å²) in [7, 11) is 3.20. The summed E-state index contributed by atoms with van der Waals surface area (Å²) >= 11 is 0. The molecule has 3 aromatic carbocycles. The third kappa shape index (κ3) is 4.70. The van der Waals surface area contributed by atoms with Crippen molar-refractivity contribution in [2.75, 3.05) is 14.2 Å². The number of fused-ring (bicyclic) bond motifs is 1. The smallest absolute Gasteiger partial charge is 0.271 e. The summed E-state index contributed by atoms with van der Waals surface area (Å²) < 4.78 is 10.6. The van der Waals surface area contributed by atoms with Gasteiger partial charge in [-0.05, 0) is 65.7 Å². The molecule has 0 atom stereocenters. The van der Waals surface area contributed by atoms with Gasteiger partial charge in [-0.1, -0.05) is 6.07 Å². The minimum Gasteiger partial charge on any atom is -0.508 e. The molecule has 0 saturated carbocycles. The number of amides is 1. The van der Waals surface area contributed by atoms with E-state index in [0.29, 0.717) is 23.5 Å². The van der Waals surface area contributed by atoms with Gasteiger partial charge in [-0.15, -0.1) is 0 Å². The number of methoxy groups -OCH3 is 2. The number of hydrazone groups is 1. The van der Waals surface area contributed by atoms with Crippen LogP contribution in [0.5, 0.6) is 17.2 Å². The SMILES string of the molecule is COc1ccc(Cc2nc3ccc(C(=O)N/N=C\c4ccc(O)cc4)cc3[nH]2)cc1OC. The maximum atomic E-state index is 12.4. The zero-order chi connectivity index (χ0) is 22.5. The molecule has 0 aliphatic heterocycles. The van der Waals surface area contributed by atoms with Gasteiger partial charge in [0.25, 0.3) is 5.91 Å². The molecule has 1 aromatic heterocycles. The molecular formula is C24H22N4O4. The number of nitrogens with zero attached hydrogens (tertiary/aromatic N) is 2. The van der Waals surface area contributed by atoms with E-state index >= 15 is 0 Å². The van der Waals surface area contributed by atoms with Gasteiger partial charge in [-0.2, -0.15) is 5.10 Å². The van der Waals surface area contributed by atoms with Crippen molar-refractivity contribution in [3.63, 3.8) is 0 Å². The Hall–Kier alpha value is -4.33. The molecular weight excluding hydrogens is 408 g/mol. The van der Waals surface area contributed by atoms with Gasteiger partial charge in [-0.3, -0.25) is 4.79 Å². The van der Waals surface area contributed by atoms with Gasteiger partial charge in [0, 0.05) is 12.0 Å². The maximum Gasteiger partial charge on any atom is 0.271 e. The summed E-state index contributed by atoms with van der Waals surface area (Å²) in [6.07, 6.45) is 2.08. The van der Waals surface area contributed by atoms with Crippen LogP contribution in [0.15, 0.2) is 65.8 Å². The minimum absolute atomic E-state index is 0.171. The van der Waals surface area contributed by atoms with Crippen molar-refractivity contribution in [2.24, 2.45) is 5.10 Å². The molecule has 1 amide bonds. The van der Waals surface area contributed by atoms with Crippen molar-refractivity contribution in [2.45, 2.75) is 6.42 Å². The van der Waals surface area contributed by atoms with Gasteiger partial charge in [0.2, 0.25) is 0 Å². The molecule has 8 nitrogen and oxygen atoms in total. The molecule has 8 heteroatoms. The molecule has 0 spiro atoms. The number of ether oxygens (including phenoxy) is 2. The van der Waals surface area contributed by atoms with Crippen molar-refractivity contribution in [1.29, 1.82) is 0 Å². The number of imidazole rings is 1. The van der Waals surface area contributed by atoms with E-state index in [-0.39, 0.29) is 11.7 Å². The van der Waals surface area contributed by atoms with Crippen molar-refractivity contribution in [3.8, 4) is 17.2 Å². The van der Waals surface area contributed by atoms with Gasteiger partial charge in [-0.25, -0.2) is 10.4 Å². The lowest BCUT2D eigenvalue weighted by Gasteiger charge is -2.08. The van der Waals surface area contributed by atoms with Gasteiger partial charge in [0.1, 0.15) is 11.6 Å². The normalized spacial score (nSPS) is 11.1. The Morgan fingerprint density at radius 1 is 1.06 bits per heavy atom. The first-order chi connectivity index (χ1) is 15.6. The van der Waals surface area contributed by atoms with Crippen LogP contribution in [0, 0.1) is 0 Å². The van der Waals surface area contributed by atoms with Crippen molar-refractivity contribution >= 4 is 23.2 Å². The first-order valence-electron chi connectivity index (χ1n) is 9.87. The van der Waals surface area contributed by atoms with E-state index < -0.39 is 0 Å². The van der Waals surface area contributed by atoms with Gasteiger partial charge in [0.15, 0.2) is 11.5 Å². The lowest BCUT2D eigenvalue weighted by Crippen LogP contribution is -2.17. The Balaban J connectivity index is 1.46. The lowest BCUT2D eigenvalue weighted by atomic mass is 10.1. The summed E-state index contributed by atoms with van der Waals surface area (Å²) in [6.45, 7) is 0. The van der Waals surface area contributed by atoms with Gasteiger partial charge in [0.05, 0.1) is 31.5 Å². The van der Waals surface area contributed by atoms with Crippen LogP contribution in [0.4, 0.5) is 0 Å². The van der Waals surface area contributed by atoms with Gasteiger partial charge < -0.3 is 19.6 Å². The monoisotopic (exact) mass is 430 g/mol. The average molecular weight is 430 g/mol. The van der Waals surface area contributed by atoms with E-state index in [4.69, 9.17) is 9.47 Å². The molecule has 4 aromatic rings. The number of carbonyl (C=O) groups excluding carboxylic acids is 1. The second-order valence-corrected chi connectivity index (χ2v) is 7.07. The number of rotatable bonds is 7. The van der Waals surface area contributed by atoms with Gasteiger partial charge >= 0.3 is 0 Å². The van der Waals surface area contributed by atoms with Crippen LogP contribution in [-0.2, 0) is 6.42 Å². The number of aromatic hydroxyl groups is 1. The number of hydrogen-bond donors (Lipinski definition) is 3. The molecule has 0 aliphatic rings. The van der Waals surface area contributed by atoms with E-state index in [1.807, 2.05) is 18.2 Å². The number of phenolic OH excluding ortho intramolecular Hbond substituents is 1. The highest BCUT2D eigenvalue weighted by atomic mass is 16.5. The van der Waals surface area contributed by atoms with Crippen LogP contribution in [0.3, 0.4) is 0 Å². The van der Waals surface area contributed by atoms with E-state index in [2.05, 4.69) is 20.5 Å². The third-order valence-electron chi connectivity index (χ3n) is 4.89. The van der Waals surface area contributed by atoms with E-state index in [0.717, 1.165) is 28.0 Å². The summed E-state index contributed by atoms with van der Waals surface area (Å²) in [5, 5.41) is 13.3. The summed E-state index contributed by atoms with van der Waals surface area (Å²) in [5.41, 5.74) is 6.27. The predicted molar refractivity (Wildman–Crippen MR) is 122 cm³/mol. The molecule has 0 fully saturated rings. The quantitative estimate of drug-likeness (QED) is 0.306. The molecule has 3 N–H and O–H groups in total. The summed E-state index contributed by atoms with van der Waals surface area (Å²) in [6, 6.07) is 17.5. The molecule has 1 heterocycles. The Kier molecular flexibility index (Phi) is 6.03. The van der Waals surface area contributed by atoms with E-state index in [1.54, 1.807) is 56.7 Å². The number of nitrogens with one attached hydrogen (secondary N) is 2. The fourth-order valence-electron chi connectivity index (χ4n) is 3.26. The van der Waals surface area contributed by atoms with E-state index in [9.17, 15) is 9.90 Å². The Bertz CT molecular complexity index is 1280. The first-order valence-corrected chi connectivity index (χ1v) is 9.87. The predicted octanol–water partition coefficient (Wildman–Crippen LogP) is 3.64. The number of aromatic amines is 1. The fraction of sp³-hybridized carbons (Fsp3) is 0.125. The number of aromatic nitrogens is 2. The highest BCUT2D eigenvalue weighted by Gasteiger charge is 2.11. The Morgan fingerprint density at radius 3 is 2.59 bits per heavy atom. The fourth-order valence-corrected chi connectivity index (χ4v) is 3.26. The minimum atomic E-state index is -0.335. The number of benzene rings is 3. The zero-order valence-electron chi connectivity index (χ0n) is 17.6. The Labute approximate surface area is 184 Å². The highest BCUT2D eigenvalue weighted by Crippen LogP contribution is 2.28. The van der Waals surface area contributed by atoms with Crippen molar-refractivity contribution in [1.82, 2.24) is 15.4 Å². The number of hydrogen-bond acceptors (Lipinski definition) is 6. The highest BCUT2D eigenvalue weighted by molar-refractivity contribution is 5.97. The molecule has 0 unspecified atom stereocenters. The van der Waals surface area contributed by atoms with Crippen LogP contribution in [0.25, 0.3) is 11.0 Å². The first kappa shape index (κ1) is 20.9. The number of H-pyrrole nitrogens is 1. The topological polar surface area (TPSA) is 109 Å². The molecule has 0 aliphatic carbocycles. The molecule has 32 heavy (non-hydrogen) atoms. The van der Waals surface area contributed by atoms with Crippen LogP contribution in [0.1, 0.15) is 27.3 Å². The molecule has 0 radical (unpaired) electrons. The third-order valence-corrected chi connectivity index (χ3v) is 4.89. The standard InChI is InChI=1S/C24H22N4O4/c1-31-21-10-5-16(11-22(21)32-2)12-23-26-19-9-6-17(13-20(19)27-23)24(30)28-25-14-15-3-7-18(29)8-4-15/h3-11,13-14,29H,12H2,1-2H3,(H,26,27)(H,28,30)/b25-14-. The van der Waals surface area contributed by atoms with E-state index in [1.165, 1.54) is 6.21 Å². The molecule has 4 rings (SSSR count). The van der Waals surface area contributed by atoms with Crippen molar-refractivity contribution < 1.29 is 19.4 Å². The van der Waals surface area contributed by atoms with Crippen molar-refractivity contribution in [3.05, 3.63) is 83.2 Å². The zero-order valence-corrected chi connectivity index (χ0v) is 17.6. The second kappa shape index (κ2) is 9.22. The second-order valence-electron chi connectivity index (χ2n) is 7.07. The van der Waals surface area contributed by atoms with Crippen LogP contribution in [-0.4, -0.2) is 41.4 Å². The van der Waals surface area contributed by atoms with Crippen LogP contribution in [0.2, 0.25) is 0 Å². The average Bonchev–Trinajstić information content (AvgIpc) is 3.21. The number of carbonyl (C=O) groups is 1. The molecule has 0 bridgehead atoms. The van der Waals surface area contributed by atoms with Crippen LogP contribution < -0.4 is 14.9 Å². The summed E-state index contributed by atoms with van der Waals surface area (Å²) in [4.78, 5) is 20.3. The Morgan fingerprint density at radius 2 is 1.84 bits per heavy atom. The van der Waals surface area contributed by atoms with Crippen LogP contribution >= 0.6 is 0 Å². The summed E-state index contributed by atoms with van der Waals surface area (Å²) in [5.74, 6) is 1.94.